The Morgan fingerprint density at radius 3 is 2.45 bits per heavy atom. The van der Waals surface area contributed by atoms with E-state index in [-0.39, 0.29) is 18.4 Å². The number of amides is 2. The molecule has 29 heavy (non-hydrogen) atoms. The van der Waals surface area contributed by atoms with E-state index < -0.39 is 6.04 Å². The highest BCUT2D eigenvalue weighted by Gasteiger charge is 2.26. The standard InChI is InChI=1S/C24H32N2O3/c1-5-6-14-25-24(28)20(4)26(16-21-10-8-7-9-11-21)23(27)17-29-22-13-12-18(2)19(3)15-22/h7-13,15,20H,5-6,14,16-17H2,1-4H3,(H,25,28)/t20-/m1/s1. The van der Waals surface area contributed by atoms with E-state index in [4.69, 9.17) is 4.74 Å². The summed E-state index contributed by atoms with van der Waals surface area (Å²) in [6.07, 6.45) is 1.92. The van der Waals surface area contributed by atoms with Gasteiger partial charge in [-0.15, -0.1) is 0 Å². The van der Waals surface area contributed by atoms with Gasteiger partial charge in [-0.3, -0.25) is 9.59 Å². The number of hydrogen-bond acceptors (Lipinski definition) is 3. The predicted molar refractivity (Wildman–Crippen MR) is 116 cm³/mol. The van der Waals surface area contributed by atoms with E-state index in [0.717, 1.165) is 24.0 Å². The number of benzene rings is 2. The average Bonchev–Trinajstić information content (AvgIpc) is 2.73. The van der Waals surface area contributed by atoms with Crippen LogP contribution in [0.4, 0.5) is 0 Å². The van der Waals surface area contributed by atoms with Gasteiger partial charge < -0.3 is 15.0 Å². The Morgan fingerprint density at radius 2 is 1.79 bits per heavy atom. The monoisotopic (exact) mass is 396 g/mol. The third-order valence-corrected chi connectivity index (χ3v) is 5.03. The van der Waals surface area contributed by atoms with Crippen molar-refractivity contribution in [1.82, 2.24) is 10.2 Å². The van der Waals surface area contributed by atoms with Gasteiger partial charge in [-0.05, 0) is 56.0 Å². The molecule has 0 saturated carbocycles. The minimum Gasteiger partial charge on any atom is -0.484 e. The number of aryl methyl sites for hydroxylation is 2. The Labute approximate surface area is 174 Å². The molecule has 0 heterocycles. The second kappa shape index (κ2) is 11.2. The van der Waals surface area contributed by atoms with Crippen LogP contribution in [0.25, 0.3) is 0 Å². The third kappa shape index (κ3) is 6.93. The Morgan fingerprint density at radius 1 is 1.07 bits per heavy atom. The zero-order valence-electron chi connectivity index (χ0n) is 17.9. The first kappa shape index (κ1) is 22.5. The van der Waals surface area contributed by atoms with Crippen molar-refractivity contribution in [3.05, 3.63) is 65.2 Å². The van der Waals surface area contributed by atoms with Gasteiger partial charge in [0, 0.05) is 13.1 Å². The van der Waals surface area contributed by atoms with Crippen LogP contribution < -0.4 is 10.1 Å². The molecular formula is C24H32N2O3. The summed E-state index contributed by atoms with van der Waals surface area (Å²) in [4.78, 5) is 27.1. The lowest BCUT2D eigenvalue weighted by Gasteiger charge is -2.28. The molecule has 0 aliphatic rings. The summed E-state index contributed by atoms with van der Waals surface area (Å²) in [7, 11) is 0. The first-order chi connectivity index (χ1) is 13.9. The fourth-order valence-electron chi connectivity index (χ4n) is 2.93. The van der Waals surface area contributed by atoms with E-state index >= 15 is 0 Å². The van der Waals surface area contributed by atoms with E-state index in [1.807, 2.05) is 62.4 Å². The van der Waals surface area contributed by atoms with Crippen LogP contribution in [0.2, 0.25) is 0 Å². The zero-order valence-corrected chi connectivity index (χ0v) is 17.9. The zero-order chi connectivity index (χ0) is 21.2. The summed E-state index contributed by atoms with van der Waals surface area (Å²) in [6.45, 7) is 8.74. The highest BCUT2D eigenvalue weighted by molar-refractivity contribution is 5.87. The summed E-state index contributed by atoms with van der Waals surface area (Å²) >= 11 is 0. The Kier molecular flexibility index (Phi) is 8.71. The quantitative estimate of drug-likeness (QED) is 0.617. The maximum Gasteiger partial charge on any atom is 0.261 e. The minimum atomic E-state index is -0.581. The van der Waals surface area contributed by atoms with Crippen molar-refractivity contribution in [2.24, 2.45) is 0 Å². The van der Waals surface area contributed by atoms with Gasteiger partial charge >= 0.3 is 0 Å². The van der Waals surface area contributed by atoms with Gasteiger partial charge in [0.1, 0.15) is 11.8 Å². The highest BCUT2D eigenvalue weighted by Crippen LogP contribution is 2.17. The van der Waals surface area contributed by atoms with Gasteiger partial charge in [0.25, 0.3) is 5.91 Å². The molecule has 0 aromatic heterocycles. The molecule has 1 atom stereocenters. The lowest BCUT2D eigenvalue weighted by molar-refractivity contribution is -0.142. The molecular weight excluding hydrogens is 364 g/mol. The molecule has 0 spiro atoms. The number of carbonyl (C=O) groups excluding carboxylic acids is 2. The maximum absolute atomic E-state index is 13.0. The van der Waals surface area contributed by atoms with E-state index in [2.05, 4.69) is 12.2 Å². The second-order valence-corrected chi connectivity index (χ2v) is 7.36. The number of carbonyl (C=O) groups is 2. The van der Waals surface area contributed by atoms with Crippen LogP contribution in [0.15, 0.2) is 48.5 Å². The van der Waals surface area contributed by atoms with Gasteiger partial charge in [-0.25, -0.2) is 0 Å². The molecule has 0 radical (unpaired) electrons. The molecule has 0 fully saturated rings. The number of hydrogen-bond donors (Lipinski definition) is 1. The first-order valence-corrected chi connectivity index (χ1v) is 10.2. The van der Waals surface area contributed by atoms with E-state index in [1.54, 1.807) is 11.8 Å². The molecule has 2 aromatic carbocycles. The Hall–Kier alpha value is -2.82. The molecule has 2 amide bonds. The fraction of sp³-hybridized carbons (Fsp3) is 0.417. The molecule has 0 aliphatic heterocycles. The second-order valence-electron chi connectivity index (χ2n) is 7.36. The summed E-state index contributed by atoms with van der Waals surface area (Å²) in [6, 6.07) is 14.9. The molecule has 0 bridgehead atoms. The number of ether oxygens (including phenoxy) is 1. The van der Waals surface area contributed by atoms with E-state index in [0.29, 0.717) is 18.8 Å². The van der Waals surface area contributed by atoms with Gasteiger partial charge in [0.05, 0.1) is 0 Å². The van der Waals surface area contributed by atoms with Crippen molar-refractivity contribution in [3.63, 3.8) is 0 Å². The summed E-state index contributed by atoms with van der Waals surface area (Å²) in [5.41, 5.74) is 3.26. The fourth-order valence-corrected chi connectivity index (χ4v) is 2.93. The number of rotatable bonds is 10. The molecule has 1 N–H and O–H groups in total. The molecule has 2 rings (SSSR count). The van der Waals surface area contributed by atoms with E-state index in [1.165, 1.54) is 5.56 Å². The van der Waals surface area contributed by atoms with Crippen molar-refractivity contribution in [3.8, 4) is 5.75 Å². The van der Waals surface area contributed by atoms with Crippen LogP contribution in [0.5, 0.6) is 5.75 Å². The normalized spacial score (nSPS) is 11.6. The van der Waals surface area contributed by atoms with Gasteiger partial charge in [-0.1, -0.05) is 49.7 Å². The average molecular weight is 397 g/mol. The van der Waals surface area contributed by atoms with E-state index in [9.17, 15) is 9.59 Å². The Balaban J connectivity index is 2.08. The van der Waals surface area contributed by atoms with Crippen LogP contribution in [-0.4, -0.2) is 35.9 Å². The van der Waals surface area contributed by atoms with Crippen LogP contribution in [-0.2, 0) is 16.1 Å². The van der Waals surface area contributed by atoms with Gasteiger partial charge in [0.15, 0.2) is 6.61 Å². The predicted octanol–water partition coefficient (Wildman–Crippen LogP) is 4.02. The topological polar surface area (TPSA) is 58.6 Å². The van der Waals surface area contributed by atoms with Crippen molar-refractivity contribution in [2.75, 3.05) is 13.2 Å². The smallest absolute Gasteiger partial charge is 0.261 e. The van der Waals surface area contributed by atoms with Crippen LogP contribution >= 0.6 is 0 Å². The molecule has 0 aliphatic carbocycles. The molecule has 2 aromatic rings. The molecule has 5 heteroatoms. The third-order valence-electron chi connectivity index (χ3n) is 5.03. The minimum absolute atomic E-state index is 0.109. The van der Waals surface area contributed by atoms with Crippen molar-refractivity contribution >= 4 is 11.8 Å². The number of nitrogens with zero attached hydrogens (tertiary/aromatic N) is 1. The maximum atomic E-state index is 13.0. The SMILES string of the molecule is CCCCNC(=O)[C@@H](C)N(Cc1ccccc1)C(=O)COc1ccc(C)c(C)c1. The Bertz CT molecular complexity index is 805. The molecule has 5 nitrogen and oxygen atoms in total. The highest BCUT2D eigenvalue weighted by atomic mass is 16.5. The van der Waals surface area contributed by atoms with Crippen LogP contribution in [0.3, 0.4) is 0 Å². The van der Waals surface area contributed by atoms with Crippen molar-refractivity contribution in [2.45, 2.75) is 53.1 Å². The molecule has 0 saturated heterocycles. The van der Waals surface area contributed by atoms with Gasteiger partial charge in [0.2, 0.25) is 5.91 Å². The summed E-state index contributed by atoms with van der Waals surface area (Å²) in [5, 5.41) is 2.92. The lowest BCUT2D eigenvalue weighted by atomic mass is 10.1. The molecule has 0 unspecified atom stereocenters. The number of unbranched alkanes of at least 4 members (excludes halogenated alkanes) is 1. The van der Waals surface area contributed by atoms with Gasteiger partial charge in [-0.2, -0.15) is 0 Å². The number of nitrogens with one attached hydrogen (secondary N) is 1. The first-order valence-electron chi connectivity index (χ1n) is 10.2. The van der Waals surface area contributed by atoms with Crippen LogP contribution in [0, 0.1) is 13.8 Å². The largest absolute Gasteiger partial charge is 0.484 e. The lowest BCUT2D eigenvalue weighted by Crippen LogP contribution is -2.49. The summed E-state index contributed by atoms with van der Waals surface area (Å²) < 4.78 is 5.73. The van der Waals surface area contributed by atoms with Crippen molar-refractivity contribution in [1.29, 1.82) is 0 Å². The van der Waals surface area contributed by atoms with Crippen LogP contribution in [0.1, 0.15) is 43.4 Å². The summed E-state index contributed by atoms with van der Waals surface area (Å²) in [5.74, 6) is 0.292. The molecule has 156 valence electrons. The van der Waals surface area contributed by atoms with Crippen molar-refractivity contribution < 1.29 is 14.3 Å².